The Bertz CT molecular complexity index is 751. The van der Waals surface area contributed by atoms with Gasteiger partial charge in [0.05, 0.1) is 6.10 Å². The highest BCUT2D eigenvalue weighted by molar-refractivity contribution is 6.04. The number of halogens is 1. The second-order valence-corrected chi connectivity index (χ2v) is 6.06. The molecular formula is C19H19FN2O3. The number of hydrogen-bond donors (Lipinski definition) is 2. The van der Waals surface area contributed by atoms with Crippen molar-refractivity contribution in [2.75, 3.05) is 18.4 Å². The maximum Gasteiger partial charge on any atom is 0.255 e. The van der Waals surface area contributed by atoms with Crippen LogP contribution in [-0.2, 0) is 0 Å². The first kappa shape index (κ1) is 17.1. The molecule has 6 heteroatoms. The van der Waals surface area contributed by atoms with Gasteiger partial charge in [0.15, 0.2) is 0 Å². The van der Waals surface area contributed by atoms with Crippen LogP contribution in [0, 0.1) is 5.82 Å². The van der Waals surface area contributed by atoms with Crippen molar-refractivity contribution in [2.24, 2.45) is 0 Å². The molecule has 1 saturated heterocycles. The minimum Gasteiger partial charge on any atom is -0.393 e. The summed E-state index contributed by atoms with van der Waals surface area (Å²) in [4.78, 5) is 26.2. The van der Waals surface area contributed by atoms with Gasteiger partial charge in [0.25, 0.3) is 11.8 Å². The van der Waals surface area contributed by atoms with Crippen molar-refractivity contribution in [1.29, 1.82) is 0 Å². The van der Waals surface area contributed by atoms with Crippen molar-refractivity contribution in [2.45, 2.75) is 18.9 Å². The number of nitrogens with zero attached hydrogens (tertiary/aromatic N) is 1. The van der Waals surface area contributed by atoms with Crippen LogP contribution in [0.15, 0.2) is 48.5 Å². The lowest BCUT2D eigenvalue weighted by molar-refractivity contribution is 0.0546. The Morgan fingerprint density at radius 3 is 2.12 bits per heavy atom. The molecule has 2 N–H and O–H groups in total. The standard InChI is InChI=1S/C19H19FN2O3/c20-15-5-1-13(2-6-15)18(24)21-16-7-3-14(4-8-16)19(25)22-11-9-17(23)10-12-22/h1-8,17,23H,9-12H2,(H,21,24). The van der Waals surface area contributed by atoms with Crippen LogP contribution in [-0.4, -0.2) is 41.0 Å². The molecule has 5 nitrogen and oxygen atoms in total. The zero-order valence-electron chi connectivity index (χ0n) is 13.6. The second kappa shape index (κ2) is 7.44. The molecule has 0 aliphatic carbocycles. The van der Waals surface area contributed by atoms with Crippen molar-refractivity contribution >= 4 is 17.5 Å². The Morgan fingerprint density at radius 1 is 0.960 bits per heavy atom. The molecule has 2 aromatic carbocycles. The third kappa shape index (κ3) is 4.22. The summed E-state index contributed by atoms with van der Waals surface area (Å²) >= 11 is 0. The van der Waals surface area contributed by atoms with Crippen LogP contribution in [0.3, 0.4) is 0 Å². The molecular weight excluding hydrogens is 323 g/mol. The zero-order chi connectivity index (χ0) is 17.8. The van der Waals surface area contributed by atoms with Gasteiger partial charge in [0.2, 0.25) is 0 Å². The van der Waals surface area contributed by atoms with E-state index in [0.29, 0.717) is 42.7 Å². The number of carbonyl (C=O) groups excluding carboxylic acids is 2. The van der Waals surface area contributed by atoms with Crippen LogP contribution < -0.4 is 5.32 Å². The van der Waals surface area contributed by atoms with Gasteiger partial charge in [0.1, 0.15) is 5.82 Å². The quantitative estimate of drug-likeness (QED) is 0.901. The summed E-state index contributed by atoms with van der Waals surface area (Å²) in [7, 11) is 0. The van der Waals surface area contributed by atoms with Gasteiger partial charge < -0.3 is 15.3 Å². The molecule has 0 spiro atoms. The van der Waals surface area contributed by atoms with Crippen molar-refractivity contribution < 1.29 is 19.1 Å². The van der Waals surface area contributed by atoms with E-state index in [9.17, 15) is 19.1 Å². The van der Waals surface area contributed by atoms with Crippen LogP contribution in [0.1, 0.15) is 33.6 Å². The molecule has 2 amide bonds. The Hall–Kier alpha value is -2.73. The highest BCUT2D eigenvalue weighted by atomic mass is 19.1. The van der Waals surface area contributed by atoms with Gasteiger partial charge in [0, 0.05) is 29.9 Å². The SMILES string of the molecule is O=C(Nc1ccc(C(=O)N2CCC(O)CC2)cc1)c1ccc(F)cc1. The minimum atomic E-state index is -0.398. The number of amides is 2. The van der Waals surface area contributed by atoms with Gasteiger partial charge >= 0.3 is 0 Å². The smallest absolute Gasteiger partial charge is 0.255 e. The van der Waals surface area contributed by atoms with Crippen molar-refractivity contribution in [3.63, 3.8) is 0 Å². The van der Waals surface area contributed by atoms with Crippen molar-refractivity contribution in [3.8, 4) is 0 Å². The third-order valence-corrected chi connectivity index (χ3v) is 4.25. The number of aliphatic hydroxyl groups excluding tert-OH is 1. The highest BCUT2D eigenvalue weighted by Crippen LogP contribution is 2.16. The van der Waals surface area contributed by atoms with Gasteiger partial charge in [-0.15, -0.1) is 0 Å². The molecule has 0 saturated carbocycles. The molecule has 25 heavy (non-hydrogen) atoms. The number of benzene rings is 2. The molecule has 130 valence electrons. The topological polar surface area (TPSA) is 69.6 Å². The predicted octanol–water partition coefficient (Wildman–Crippen LogP) is 2.67. The number of rotatable bonds is 3. The molecule has 2 aromatic rings. The van der Waals surface area contributed by atoms with E-state index in [2.05, 4.69) is 5.32 Å². The normalized spacial score (nSPS) is 15.0. The summed E-state index contributed by atoms with van der Waals surface area (Å²) in [5, 5.41) is 12.2. The average Bonchev–Trinajstić information content (AvgIpc) is 2.63. The van der Waals surface area contributed by atoms with E-state index in [0.717, 1.165) is 0 Å². The van der Waals surface area contributed by atoms with Crippen molar-refractivity contribution in [1.82, 2.24) is 4.90 Å². The first-order valence-corrected chi connectivity index (χ1v) is 8.17. The van der Waals surface area contributed by atoms with Crippen LogP contribution in [0.5, 0.6) is 0 Å². The molecule has 0 unspecified atom stereocenters. The maximum absolute atomic E-state index is 12.9. The average molecular weight is 342 g/mol. The predicted molar refractivity (Wildman–Crippen MR) is 91.9 cm³/mol. The number of piperidine rings is 1. The first-order valence-electron chi connectivity index (χ1n) is 8.17. The summed E-state index contributed by atoms with van der Waals surface area (Å²) in [6.07, 6.45) is 0.864. The molecule has 1 aliphatic rings. The lowest BCUT2D eigenvalue weighted by Gasteiger charge is -2.29. The van der Waals surface area contributed by atoms with E-state index in [1.165, 1.54) is 24.3 Å². The monoisotopic (exact) mass is 342 g/mol. The lowest BCUT2D eigenvalue weighted by Crippen LogP contribution is -2.40. The summed E-state index contributed by atoms with van der Waals surface area (Å²) in [6, 6.07) is 11.9. The van der Waals surface area contributed by atoms with Crippen LogP contribution in [0.4, 0.5) is 10.1 Å². The van der Waals surface area contributed by atoms with E-state index < -0.39 is 5.82 Å². The van der Waals surface area contributed by atoms with E-state index >= 15 is 0 Å². The van der Waals surface area contributed by atoms with E-state index in [-0.39, 0.29) is 17.9 Å². The fourth-order valence-corrected chi connectivity index (χ4v) is 2.75. The van der Waals surface area contributed by atoms with Gasteiger partial charge in [-0.3, -0.25) is 9.59 Å². The number of likely N-dealkylation sites (tertiary alicyclic amines) is 1. The van der Waals surface area contributed by atoms with E-state index in [1.807, 2.05) is 0 Å². The Kier molecular flexibility index (Phi) is 5.09. The van der Waals surface area contributed by atoms with Crippen LogP contribution in [0.25, 0.3) is 0 Å². The highest BCUT2D eigenvalue weighted by Gasteiger charge is 2.22. The number of anilines is 1. The summed E-state index contributed by atoms with van der Waals surface area (Å²) < 4.78 is 12.9. The van der Waals surface area contributed by atoms with Gasteiger partial charge in [-0.05, 0) is 61.4 Å². The summed E-state index contributed by atoms with van der Waals surface area (Å²) in [5.41, 5.74) is 1.45. The molecule has 0 atom stereocenters. The van der Waals surface area contributed by atoms with Crippen LogP contribution >= 0.6 is 0 Å². The molecule has 0 radical (unpaired) electrons. The minimum absolute atomic E-state index is 0.0803. The van der Waals surface area contributed by atoms with E-state index in [4.69, 9.17) is 0 Å². The number of nitrogens with one attached hydrogen (secondary N) is 1. The molecule has 1 heterocycles. The maximum atomic E-state index is 12.9. The summed E-state index contributed by atoms with van der Waals surface area (Å²) in [5.74, 6) is -0.822. The number of carbonyl (C=O) groups is 2. The van der Waals surface area contributed by atoms with Gasteiger partial charge in [-0.2, -0.15) is 0 Å². The molecule has 1 fully saturated rings. The Morgan fingerprint density at radius 2 is 1.52 bits per heavy atom. The second-order valence-electron chi connectivity index (χ2n) is 6.06. The largest absolute Gasteiger partial charge is 0.393 e. The molecule has 3 rings (SSSR count). The fraction of sp³-hybridized carbons (Fsp3) is 0.263. The van der Waals surface area contributed by atoms with Gasteiger partial charge in [-0.25, -0.2) is 4.39 Å². The first-order chi connectivity index (χ1) is 12.0. The Labute approximate surface area is 145 Å². The summed E-state index contributed by atoms with van der Waals surface area (Å²) in [6.45, 7) is 1.09. The van der Waals surface area contributed by atoms with Gasteiger partial charge in [-0.1, -0.05) is 0 Å². The zero-order valence-corrected chi connectivity index (χ0v) is 13.6. The number of aliphatic hydroxyl groups is 1. The third-order valence-electron chi connectivity index (χ3n) is 4.25. The molecule has 0 bridgehead atoms. The molecule has 0 aromatic heterocycles. The Balaban J connectivity index is 1.63. The number of hydrogen-bond acceptors (Lipinski definition) is 3. The fourth-order valence-electron chi connectivity index (χ4n) is 2.75. The van der Waals surface area contributed by atoms with E-state index in [1.54, 1.807) is 29.2 Å². The molecule has 1 aliphatic heterocycles. The lowest BCUT2D eigenvalue weighted by atomic mass is 10.1. The van der Waals surface area contributed by atoms with Crippen molar-refractivity contribution in [3.05, 3.63) is 65.5 Å². The van der Waals surface area contributed by atoms with Crippen LogP contribution in [0.2, 0.25) is 0 Å².